The highest BCUT2D eigenvalue weighted by Crippen LogP contribution is 2.30. The summed E-state index contributed by atoms with van der Waals surface area (Å²) < 4.78 is 5.15. The van der Waals surface area contributed by atoms with E-state index in [-0.39, 0.29) is 12.3 Å². The van der Waals surface area contributed by atoms with Crippen LogP contribution in [0, 0.1) is 0 Å². The zero-order valence-corrected chi connectivity index (χ0v) is 16.0. The van der Waals surface area contributed by atoms with Gasteiger partial charge in [0.1, 0.15) is 11.0 Å². The molecule has 1 fully saturated rings. The number of benzene rings is 2. The SMILES string of the molecule is COc1ccc(CN2C(=O)C[C@H](C(=O)O)SC2=Nc2ccc(Cl)cc2)cc1. The van der Waals surface area contributed by atoms with Gasteiger partial charge in [0.2, 0.25) is 5.91 Å². The predicted octanol–water partition coefficient (Wildman–Crippen LogP) is 3.96. The second-order valence-electron chi connectivity index (χ2n) is 5.85. The van der Waals surface area contributed by atoms with Crippen LogP contribution < -0.4 is 4.74 Å². The van der Waals surface area contributed by atoms with Crippen molar-refractivity contribution in [2.24, 2.45) is 4.99 Å². The van der Waals surface area contributed by atoms with E-state index in [1.54, 1.807) is 31.4 Å². The van der Waals surface area contributed by atoms with E-state index in [1.165, 1.54) is 4.90 Å². The van der Waals surface area contributed by atoms with Gasteiger partial charge in [-0.3, -0.25) is 14.5 Å². The summed E-state index contributed by atoms with van der Waals surface area (Å²) in [6, 6.07) is 14.2. The Morgan fingerprint density at radius 3 is 2.52 bits per heavy atom. The molecule has 6 nitrogen and oxygen atoms in total. The minimum atomic E-state index is -1.03. The number of ether oxygens (including phenoxy) is 1. The van der Waals surface area contributed by atoms with Crippen molar-refractivity contribution in [3.8, 4) is 5.75 Å². The average molecular weight is 405 g/mol. The number of hydrogen-bond acceptors (Lipinski definition) is 5. The number of methoxy groups -OCH3 is 1. The lowest BCUT2D eigenvalue weighted by molar-refractivity contribution is -0.139. The smallest absolute Gasteiger partial charge is 0.317 e. The zero-order valence-electron chi connectivity index (χ0n) is 14.5. The number of rotatable bonds is 5. The molecule has 0 radical (unpaired) electrons. The van der Waals surface area contributed by atoms with Crippen LogP contribution in [-0.2, 0) is 16.1 Å². The molecule has 0 unspecified atom stereocenters. The maximum Gasteiger partial charge on any atom is 0.317 e. The van der Waals surface area contributed by atoms with Crippen LogP contribution in [0.25, 0.3) is 0 Å². The van der Waals surface area contributed by atoms with Crippen LogP contribution in [0.5, 0.6) is 5.75 Å². The number of carboxylic acid groups (broad SMARTS) is 1. The lowest BCUT2D eigenvalue weighted by Crippen LogP contribution is -2.43. The van der Waals surface area contributed by atoms with Crippen LogP contribution >= 0.6 is 23.4 Å². The second-order valence-corrected chi connectivity index (χ2v) is 7.45. The third kappa shape index (κ3) is 4.81. The van der Waals surface area contributed by atoms with Crippen molar-refractivity contribution in [1.82, 2.24) is 4.90 Å². The number of hydrogen-bond donors (Lipinski definition) is 1. The fourth-order valence-corrected chi connectivity index (χ4v) is 3.69. The maximum atomic E-state index is 12.6. The van der Waals surface area contributed by atoms with Crippen molar-refractivity contribution in [2.75, 3.05) is 7.11 Å². The Labute approximate surface area is 165 Å². The van der Waals surface area contributed by atoms with E-state index < -0.39 is 11.2 Å². The number of halogens is 1. The van der Waals surface area contributed by atoms with Gasteiger partial charge in [-0.15, -0.1) is 0 Å². The van der Waals surface area contributed by atoms with Gasteiger partial charge < -0.3 is 9.84 Å². The first kappa shape index (κ1) is 19.3. The summed E-state index contributed by atoms with van der Waals surface area (Å²) in [4.78, 5) is 30.0. The summed E-state index contributed by atoms with van der Waals surface area (Å²) in [5.74, 6) is -0.579. The molecule has 2 aromatic rings. The van der Waals surface area contributed by atoms with Crippen LogP contribution in [0.4, 0.5) is 5.69 Å². The summed E-state index contributed by atoms with van der Waals surface area (Å²) in [5.41, 5.74) is 1.49. The molecule has 2 aromatic carbocycles. The molecule has 1 N–H and O–H groups in total. The van der Waals surface area contributed by atoms with Crippen molar-refractivity contribution in [3.63, 3.8) is 0 Å². The van der Waals surface area contributed by atoms with Crippen LogP contribution in [0.3, 0.4) is 0 Å². The molecule has 1 saturated heterocycles. The molecule has 8 heteroatoms. The van der Waals surface area contributed by atoms with E-state index in [9.17, 15) is 14.7 Å². The number of amidine groups is 1. The van der Waals surface area contributed by atoms with Gasteiger partial charge in [-0.1, -0.05) is 35.5 Å². The van der Waals surface area contributed by atoms with E-state index in [4.69, 9.17) is 16.3 Å². The monoisotopic (exact) mass is 404 g/mol. The standard InChI is InChI=1S/C19H17ClN2O4S/c1-26-15-8-2-12(3-9-15)11-22-17(23)10-16(18(24)25)27-19(22)21-14-6-4-13(20)5-7-14/h2-9,16H,10-11H2,1H3,(H,24,25)/t16-/m1/s1. The molecule has 0 bridgehead atoms. The second kappa shape index (κ2) is 8.45. The third-order valence-electron chi connectivity index (χ3n) is 3.97. The molecule has 1 aliphatic heterocycles. The number of aliphatic carboxylic acids is 1. The van der Waals surface area contributed by atoms with E-state index in [0.29, 0.717) is 22.4 Å². The van der Waals surface area contributed by atoms with Gasteiger partial charge >= 0.3 is 5.97 Å². The highest BCUT2D eigenvalue weighted by Gasteiger charge is 2.35. The quantitative estimate of drug-likeness (QED) is 0.816. The van der Waals surface area contributed by atoms with Crippen LogP contribution in [-0.4, -0.2) is 39.4 Å². The summed E-state index contributed by atoms with van der Waals surface area (Å²) in [5, 5.41) is 9.41. The molecule has 27 heavy (non-hydrogen) atoms. The lowest BCUT2D eigenvalue weighted by Gasteiger charge is -2.30. The van der Waals surface area contributed by atoms with E-state index in [0.717, 1.165) is 23.1 Å². The first-order valence-corrected chi connectivity index (χ1v) is 9.39. The number of carbonyl (C=O) groups is 2. The van der Waals surface area contributed by atoms with Crippen LogP contribution in [0.15, 0.2) is 53.5 Å². The molecule has 1 heterocycles. The highest BCUT2D eigenvalue weighted by molar-refractivity contribution is 8.15. The van der Waals surface area contributed by atoms with Gasteiger partial charge in [0.15, 0.2) is 5.17 Å². The van der Waals surface area contributed by atoms with Crippen molar-refractivity contribution >= 4 is 46.1 Å². The molecular formula is C19H17ClN2O4S. The van der Waals surface area contributed by atoms with Gasteiger partial charge in [0, 0.05) is 5.02 Å². The molecule has 140 valence electrons. The molecule has 1 aliphatic rings. The Bertz CT molecular complexity index is 868. The van der Waals surface area contributed by atoms with Crippen molar-refractivity contribution in [2.45, 2.75) is 18.2 Å². The number of carbonyl (C=O) groups excluding carboxylic acids is 1. The zero-order chi connectivity index (χ0) is 19.4. The van der Waals surface area contributed by atoms with Gasteiger partial charge in [0.25, 0.3) is 0 Å². The van der Waals surface area contributed by atoms with Crippen LogP contribution in [0.2, 0.25) is 5.02 Å². The maximum absolute atomic E-state index is 12.6. The Balaban J connectivity index is 1.90. The molecule has 0 spiro atoms. The number of aliphatic imine (C=N–C) groups is 1. The van der Waals surface area contributed by atoms with Crippen molar-refractivity contribution in [1.29, 1.82) is 0 Å². The molecule has 3 rings (SSSR count). The molecule has 0 aliphatic carbocycles. The third-order valence-corrected chi connectivity index (χ3v) is 5.39. The fraction of sp³-hybridized carbons (Fsp3) is 0.211. The first-order valence-electron chi connectivity index (χ1n) is 8.13. The van der Waals surface area contributed by atoms with Crippen LogP contribution in [0.1, 0.15) is 12.0 Å². The van der Waals surface area contributed by atoms with Crippen molar-refractivity contribution < 1.29 is 19.4 Å². The number of carboxylic acids is 1. The van der Waals surface area contributed by atoms with Gasteiger partial charge in [-0.05, 0) is 42.0 Å². The van der Waals surface area contributed by atoms with Gasteiger partial charge in [-0.2, -0.15) is 0 Å². The minimum absolute atomic E-state index is 0.0736. The normalized spacial score (nSPS) is 18.6. The molecule has 0 saturated carbocycles. The molecular weight excluding hydrogens is 388 g/mol. The number of thioether (sulfide) groups is 1. The Hall–Kier alpha value is -2.51. The topological polar surface area (TPSA) is 79.2 Å². The van der Waals surface area contributed by atoms with Gasteiger partial charge in [-0.25, -0.2) is 4.99 Å². The summed E-state index contributed by atoms with van der Waals surface area (Å²) in [6.07, 6.45) is -0.0736. The predicted molar refractivity (Wildman–Crippen MR) is 106 cm³/mol. The molecule has 1 atom stereocenters. The van der Waals surface area contributed by atoms with Crippen molar-refractivity contribution in [3.05, 3.63) is 59.1 Å². The minimum Gasteiger partial charge on any atom is -0.497 e. The largest absolute Gasteiger partial charge is 0.497 e. The Kier molecular flexibility index (Phi) is 6.03. The summed E-state index contributed by atoms with van der Waals surface area (Å²) in [6.45, 7) is 0.300. The summed E-state index contributed by atoms with van der Waals surface area (Å²) in [7, 11) is 1.59. The Morgan fingerprint density at radius 1 is 1.26 bits per heavy atom. The highest BCUT2D eigenvalue weighted by atomic mass is 35.5. The molecule has 0 aromatic heterocycles. The average Bonchev–Trinajstić information content (AvgIpc) is 2.66. The number of amides is 1. The van der Waals surface area contributed by atoms with E-state index >= 15 is 0 Å². The molecule has 1 amide bonds. The van der Waals surface area contributed by atoms with E-state index in [2.05, 4.69) is 4.99 Å². The Morgan fingerprint density at radius 2 is 1.93 bits per heavy atom. The fourth-order valence-electron chi connectivity index (χ4n) is 2.53. The summed E-state index contributed by atoms with van der Waals surface area (Å²) >= 11 is 6.97. The van der Waals surface area contributed by atoms with Gasteiger partial charge in [0.05, 0.1) is 25.8 Å². The number of nitrogens with zero attached hydrogens (tertiary/aromatic N) is 2. The van der Waals surface area contributed by atoms with E-state index in [1.807, 2.05) is 24.3 Å². The lowest BCUT2D eigenvalue weighted by atomic mass is 10.2. The first-order chi connectivity index (χ1) is 13.0.